The molecule has 0 bridgehead atoms. The summed E-state index contributed by atoms with van der Waals surface area (Å²) in [7, 11) is 0. The van der Waals surface area contributed by atoms with E-state index in [0.29, 0.717) is 0 Å². The summed E-state index contributed by atoms with van der Waals surface area (Å²) in [4.78, 5) is 17.8. The summed E-state index contributed by atoms with van der Waals surface area (Å²) >= 11 is 0. The van der Waals surface area contributed by atoms with Crippen LogP contribution in [0.1, 0.15) is 0 Å². The lowest BCUT2D eigenvalue weighted by Crippen LogP contribution is -2.25. The number of hydrogen-bond donors (Lipinski definition) is 4. The molecule has 0 radical (unpaired) electrons. The van der Waals surface area contributed by atoms with Gasteiger partial charge < -0.3 is 15.1 Å². The molecule has 0 spiro atoms. The van der Waals surface area contributed by atoms with Crippen molar-refractivity contribution in [1.29, 1.82) is 0 Å². The van der Waals surface area contributed by atoms with E-state index in [0.717, 1.165) is 0 Å². The number of nitrogen functional groups attached to an aromatic ring is 1. The molecule has 2 aromatic heterocycles. The van der Waals surface area contributed by atoms with Crippen molar-refractivity contribution in [3.8, 4) is 5.95 Å². The second-order valence-electron chi connectivity index (χ2n) is 4.28. The maximum absolute atomic E-state index is 9.58. The molecule has 11 heteroatoms. The average molecular weight is 279 g/mol. The molecule has 1 aliphatic rings. The lowest BCUT2D eigenvalue weighted by atomic mass is 10.3. The number of hydrazine groups is 1. The molecule has 1 fully saturated rings. The highest BCUT2D eigenvalue weighted by atomic mass is 16.3. The smallest absolute Gasteiger partial charge is 0.258 e. The van der Waals surface area contributed by atoms with Gasteiger partial charge in [0.1, 0.15) is 12.7 Å². The molecule has 1 aliphatic heterocycles. The fraction of sp³-hybridized carbons (Fsp3) is 0.444. The zero-order valence-electron chi connectivity index (χ0n) is 10.3. The molecule has 106 valence electrons. The van der Waals surface area contributed by atoms with Gasteiger partial charge in [0.15, 0.2) is 0 Å². The highest BCUT2D eigenvalue weighted by molar-refractivity contribution is 5.40. The van der Waals surface area contributed by atoms with E-state index < -0.39 is 12.2 Å². The van der Waals surface area contributed by atoms with Gasteiger partial charge in [0.05, 0.1) is 12.2 Å². The molecule has 3 heterocycles. The number of aromatic nitrogens is 6. The van der Waals surface area contributed by atoms with Crippen LogP contribution < -0.4 is 16.2 Å². The zero-order chi connectivity index (χ0) is 14.1. The standard InChI is InChI=1S/C9H13N9O2/c10-16-7-13-8(17-1-5(19)6(20)2-17)15-9(14-7)18-4-11-3-12-18/h3-6,19-20H,1-2,10H2,(H,13,14,15,16). The van der Waals surface area contributed by atoms with Crippen LogP contribution in [0.3, 0.4) is 0 Å². The summed E-state index contributed by atoms with van der Waals surface area (Å²) in [5.41, 5.74) is 2.34. The van der Waals surface area contributed by atoms with E-state index in [4.69, 9.17) is 5.84 Å². The van der Waals surface area contributed by atoms with Gasteiger partial charge in [0, 0.05) is 13.1 Å². The molecule has 2 unspecified atom stereocenters. The predicted octanol–water partition coefficient (Wildman–Crippen LogP) is -2.72. The molecule has 0 aromatic carbocycles. The Morgan fingerprint density at radius 1 is 1.15 bits per heavy atom. The van der Waals surface area contributed by atoms with Crippen molar-refractivity contribution in [1.82, 2.24) is 29.7 Å². The first-order valence-corrected chi connectivity index (χ1v) is 5.86. The van der Waals surface area contributed by atoms with Gasteiger partial charge in [-0.05, 0) is 0 Å². The summed E-state index contributed by atoms with van der Waals surface area (Å²) in [5.74, 6) is 6.00. The Kier molecular flexibility index (Phi) is 3.14. The van der Waals surface area contributed by atoms with E-state index in [1.54, 1.807) is 4.90 Å². The number of aliphatic hydroxyl groups excluding tert-OH is 2. The van der Waals surface area contributed by atoms with Crippen molar-refractivity contribution in [3.63, 3.8) is 0 Å². The van der Waals surface area contributed by atoms with Gasteiger partial charge >= 0.3 is 0 Å². The average Bonchev–Trinajstić information content (AvgIpc) is 3.09. The number of aliphatic hydroxyl groups is 2. The van der Waals surface area contributed by atoms with Gasteiger partial charge in [-0.3, -0.25) is 5.43 Å². The van der Waals surface area contributed by atoms with E-state index in [-0.39, 0.29) is 30.9 Å². The molecule has 0 amide bonds. The number of β-amino-alcohol motifs (C(OH)–C–C–N with tert-alkyl or cyclic N) is 2. The van der Waals surface area contributed by atoms with Crippen LogP contribution in [-0.2, 0) is 0 Å². The highest BCUT2D eigenvalue weighted by Gasteiger charge is 2.31. The van der Waals surface area contributed by atoms with Gasteiger partial charge in [-0.1, -0.05) is 0 Å². The number of anilines is 2. The van der Waals surface area contributed by atoms with Crippen LogP contribution in [0, 0.1) is 0 Å². The van der Waals surface area contributed by atoms with Crippen molar-refractivity contribution in [2.45, 2.75) is 12.2 Å². The molecule has 0 aliphatic carbocycles. The monoisotopic (exact) mass is 279 g/mol. The molecule has 2 atom stereocenters. The van der Waals surface area contributed by atoms with Crippen molar-refractivity contribution < 1.29 is 10.2 Å². The molecule has 5 N–H and O–H groups in total. The molecule has 0 saturated carbocycles. The minimum atomic E-state index is -0.837. The Bertz CT molecular complexity index is 579. The summed E-state index contributed by atoms with van der Waals surface area (Å²) in [6.45, 7) is 0.456. The lowest BCUT2D eigenvalue weighted by molar-refractivity contribution is 0.0572. The molecule has 11 nitrogen and oxygen atoms in total. The first-order chi connectivity index (χ1) is 9.67. The Labute approximate surface area is 113 Å². The predicted molar refractivity (Wildman–Crippen MR) is 66.8 cm³/mol. The molecule has 3 rings (SSSR count). The summed E-state index contributed by atoms with van der Waals surface area (Å²) in [6.07, 6.45) is 1.11. The van der Waals surface area contributed by atoms with E-state index in [2.05, 4.69) is 30.5 Å². The van der Waals surface area contributed by atoms with Crippen LogP contribution in [0.15, 0.2) is 12.7 Å². The van der Waals surface area contributed by atoms with Gasteiger partial charge in [0.2, 0.25) is 11.9 Å². The molecule has 2 aromatic rings. The topological polar surface area (TPSA) is 151 Å². The number of nitrogens with zero attached hydrogens (tertiary/aromatic N) is 7. The maximum Gasteiger partial charge on any atom is 0.258 e. The zero-order valence-corrected chi connectivity index (χ0v) is 10.3. The molecule has 1 saturated heterocycles. The van der Waals surface area contributed by atoms with Crippen molar-refractivity contribution in [3.05, 3.63) is 12.7 Å². The maximum atomic E-state index is 9.58. The SMILES string of the molecule is NNc1nc(N2CC(O)C(O)C2)nc(-n2cncn2)n1. The number of nitrogens with two attached hydrogens (primary N) is 1. The molecule has 20 heavy (non-hydrogen) atoms. The van der Waals surface area contributed by atoms with Crippen LogP contribution in [0.25, 0.3) is 5.95 Å². The molecular formula is C9H13N9O2. The second kappa shape index (κ2) is 4.96. The minimum absolute atomic E-state index is 0.149. The highest BCUT2D eigenvalue weighted by Crippen LogP contribution is 2.18. The Morgan fingerprint density at radius 3 is 2.45 bits per heavy atom. The first-order valence-electron chi connectivity index (χ1n) is 5.86. The summed E-state index contributed by atoms with van der Waals surface area (Å²) < 4.78 is 1.36. The third kappa shape index (κ3) is 2.24. The third-order valence-electron chi connectivity index (χ3n) is 2.91. The van der Waals surface area contributed by atoms with Gasteiger partial charge in [0.25, 0.3) is 5.95 Å². The summed E-state index contributed by atoms with van der Waals surface area (Å²) in [5, 5.41) is 23.1. The molecular weight excluding hydrogens is 266 g/mol. The van der Waals surface area contributed by atoms with Crippen LogP contribution >= 0.6 is 0 Å². The van der Waals surface area contributed by atoms with Crippen LogP contribution in [0.5, 0.6) is 0 Å². The van der Waals surface area contributed by atoms with Crippen molar-refractivity contribution in [2.24, 2.45) is 5.84 Å². The number of nitrogens with one attached hydrogen (secondary N) is 1. The van der Waals surface area contributed by atoms with Crippen molar-refractivity contribution >= 4 is 11.9 Å². The third-order valence-corrected chi connectivity index (χ3v) is 2.91. The summed E-state index contributed by atoms with van der Waals surface area (Å²) in [6, 6.07) is 0. The largest absolute Gasteiger partial charge is 0.388 e. The van der Waals surface area contributed by atoms with Crippen LogP contribution in [0.2, 0.25) is 0 Å². The lowest BCUT2D eigenvalue weighted by Gasteiger charge is -2.16. The van der Waals surface area contributed by atoms with Crippen molar-refractivity contribution in [2.75, 3.05) is 23.4 Å². The van der Waals surface area contributed by atoms with E-state index in [1.807, 2.05) is 0 Å². The minimum Gasteiger partial charge on any atom is -0.388 e. The number of hydrogen-bond acceptors (Lipinski definition) is 10. The van der Waals surface area contributed by atoms with Crippen LogP contribution in [-0.4, -0.2) is 65.2 Å². The normalized spacial score (nSPS) is 22.2. The quantitative estimate of drug-likeness (QED) is 0.344. The fourth-order valence-corrected chi connectivity index (χ4v) is 1.91. The first kappa shape index (κ1) is 12.7. The Hall–Kier alpha value is -2.37. The van der Waals surface area contributed by atoms with E-state index in [1.165, 1.54) is 17.3 Å². The number of rotatable bonds is 3. The van der Waals surface area contributed by atoms with Gasteiger partial charge in [-0.15, -0.1) is 0 Å². The second-order valence-corrected chi connectivity index (χ2v) is 4.28. The van der Waals surface area contributed by atoms with Gasteiger partial charge in [-0.25, -0.2) is 10.8 Å². The van der Waals surface area contributed by atoms with E-state index >= 15 is 0 Å². The van der Waals surface area contributed by atoms with Crippen LogP contribution in [0.4, 0.5) is 11.9 Å². The van der Waals surface area contributed by atoms with Gasteiger partial charge in [-0.2, -0.15) is 24.7 Å². The van der Waals surface area contributed by atoms with E-state index in [9.17, 15) is 10.2 Å². The Morgan fingerprint density at radius 2 is 1.85 bits per heavy atom. The fourth-order valence-electron chi connectivity index (χ4n) is 1.91. The Balaban J connectivity index is 1.97.